The average Bonchev–Trinajstić information content (AvgIpc) is 0.769. The molecule has 11 rings (SSSR count). The molecule has 0 saturated heterocycles. The van der Waals surface area contributed by atoms with Crippen molar-refractivity contribution in [3.63, 3.8) is 0 Å². The maximum Gasteiger partial charge on any atom is 0.0464 e. The van der Waals surface area contributed by atoms with Crippen LogP contribution in [0.25, 0.3) is 66.8 Å². The number of anilines is 6. The monoisotopic (exact) mass is 1350 g/mol. The fraction of sp³-hybridized carbons (Fsp3) is 0.327. The van der Waals surface area contributed by atoms with Gasteiger partial charge in [0.2, 0.25) is 0 Å². The summed E-state index contributed by atoms with van der Waals surface area (Å²) in [5.74, 6) is 1.24. The third kappa shape index (κ3) is 17.9. The second-order valence-corrected chi connectivity index (χ2v) is 30.4. The van der Waals surface area contributed by atoms with E-state index in [4.69, 9.17) is 11.5 Å². The molecule has 526 valence electrons. The van der Waals surface area contributed by atoms with Crippen LogP contribution in [0.4, 0.5) is 34.1 Å². The lowest BCUT2D eigenvalue weighted by Gasteiger charge is -2.28. The van der Waals surface area contributed by atoms with Gasteiger partial charge in [0.1, 0.15) is 0 Å². The summed E-state index contributed by atoms with van der Waals surface area (Å²) in [5, 5.41) is 0. The summed E-state index contributed by atoms with van der Waals surface area (Å²) >= 11 is 0. The Balaban J connectivity index is 0.972. The van der Waals surface area contributed by atoms with Crippen molar-refractivity contribution in [2.45, 2.75) is 197 Å². The molecular weight excluding hydrogens is 1230 g/mol. The Morgan fingerprint density at radius 3 is 0.892 bits per heavy atom. The van der Waals surface area contributed by atoms with Crippen molar-refractivity contribution in [1.82, 2.24) is 0 Å². The van der Waals surface area contributed by atoms with Gasteiger partial charge in [-0.25, -0.2) is 0 Å². The van der Waals surface area contributed by atoms with Gasteiger partial charge in [-0.05, 0) is 274 Å². The van der Waals surface area contributed by atoms with Gasteiger partial charge in [-0.2, -0.15) is 0 Å². The average molecular weight is 1350 g/mol. The second kappa shape index (κ2) is 34.3. The zero-order valence-corrected chi connectivity index (χ0v) is 63.6. The van der Waals surface area contributed by atoms with Crippen LogP contribution in [0.15, 0.2) is 243 Å². The minimum atomic E-state index is -0.351. The molecule has 0 heterocycles. The van der Waals surface area contributed by atoms with E-state index in [0.717, 1.165) is 98.3 Å². The predicted molar refractivity (Wildman–Crippen MR) is 444 cm³/mol. The minimum absolute atomic E-state index is 0.318. The number of nitrogens with two attached hydrogens (primary N) is 2. The molecule has 0 radical (unpaired) electrons. The Morgan fingerprint density at radius 1 is 0.314 bits per heavy atom. The molecule has 0 amide bonds. The topological polar surface area (TPSA) is 58.5 Å². The van der Waals surface area contributed by atoms with Gasteiger partial charge in [0.05, 0.1) is 0 Å². The molecule has 0 saturated carbocycles. The molecule has 0 bridgehead atoms. The van der Waals surface area contributed by atoms with Crippen molar-refractivity contribution < 1.29 is 0 Å². The van der Waals surface area contributed by atoms with Gasteiger partial charge in [-0.3, -0.25) is 0 Å². The Bertz CT molecular complexity index is 4460. The van der Waals surface area contributed by atoms with E-state index in [2.05, 4.69) is 336 Å². The van der Waals surface area contributed by atoms with E-state index in [-0.39, 0.29) is 11.1 Å². The lowest BCUT2D eigenvalue weighted by Crippen LogP contribution is -2.34. The Kier molecular flexibility index (Phi) is 24.9. The van der Waals surface area contributed by atoms with Crippen LogP contribution in [0.3, 0.4) is 0 Å². The first kappa shape index (κ1) is 74.1. The van der Waals surface area contributed by atoms with Crippen LogP contribution >= 0.6 is 0 Å². The second-order valence-electron chi connectivity index (χ2n) is 30.4. The van der Waals surface area contributed by atoms with Crippen LogP contribution in [0, 0.1) is 25.7 Å². The summed E-state index contributed by atoms with van der Waals surface area (Å²) in [7, 11) is 0. The number of aryl methyl sites for hydroxylation is 4. The maximum atomic E-state index is 6.87. The number of hydrogen-bond acceptors (Lipinski definition) is 4. The van der Waals surface area contributed by atoms with E-state index in [1.807, 2.05) is 0 Å². The van der Waals surface area contributed by atoms with E-state index < -0.39 is 0 Å². The standard InChI is InChI=1S/C98H114N4/c1-13-18-20-22-24-83-68-96(94-61-59-92(66-72(94)11)102(88-52-40-80(41-53-88)76-32-28-74(29-33-76)64-70(8)9)90-56-44-82(45-57-90)78-36-48-86(49-37-78)98(100,16-4)17-5)84(25-23-21-19-14-2)67-95(83)93-60-58-91(65-71(93)10)101(87-50-38-79(39-51-87)75-30-26-73(27-31-75)63-69(6)7)89-54-42-81(43-55-89)77-34-46-85(47-35-77)97(12,99)62-15-3/h26-61,65-70H,13-25,62-64,99-100H2,1-12H3. The summed E-state index contributed by atoms with van der Waals surface area (Å²) < 4.78 is 0. The molecule has 0 aliphatic heterocycles. The summed E-state index contributed by atoms with van der Waals surface area (Å²) in [5.41, 5.74) is 45.2. The highest BCUT2D eigenvalue weighted by molar-refractivity contribution is 5.87. The maximum absolute atomic E-state index is 6.87. The molecule has 102 heavy (non-hydrogen) atoms. The molecule has 0 aliphatic carbocycles. The molecule has 4 nitrogen and oxygen atoms in total. The molecule has 4 N–H and O–H groups in total. The quantitative estimate of drug-likeness (QED) is 0.0413. The van der Waals surface area contributed by atoms with Crippen molar-refractivity contribution in [3.05, 3.63) is 287 Å². The largest absolute Gasteiger partial charge is 0.322 e. The SMILES string of the molecule is CCCCCCc1cc(-c2ccc(N(c3ccc(-c4ccc(CC(C)C)cc4)cc3)c3ccc(-c4ccc(C(N)(CC)CC)cc4)cc3)cc2C)c(CCCCCC)cc1-c1ccc(N(c2ccc(-c3ccc(CC(C)C)cc3)cc2)c2ccc(-c3ccc(C(C)(N)CCC)cc3)cc2)cc1C. The van der Waals surface area contributed by atoms with E-state index in [9.17, 15) is 0 Å². The smallest absolute Gasteiger partial charge is 0.0464 e. The highest BCUT2D eigenvalue weighted by atomic mass is 15.1. The summed E-state index contributed by atoms with van der Waals surface area (Å²) in [6, 6.07) is 92.4. The molecule has 11 aromatic rings. The van der Waals surface area contributed by atoms with Gasteiger partial charge in [-0.1, -0.05) is 277 Å². The highest BCUT2D eigenvalue weighted by Crippen LogP contribution is 2.45. The van der Waals surface area contributed by atoms with Crippen LogP contribution in [0.5, 0.6) is 0 Å². The third-order valence-electron chi connectivity index (χ3n) is 21.5. The van der Waals surface area contributed by atoms with Crippen molar-refractivity contribution in [2.24, 2.45) is 23.3 Å². The fourth-order valence-corrected chi connectivity index (χ4v) is 15.3. The number of hydrogen-bond donors (Lipinski definition) is 2. The van der Waals surface area contributed by atoms with E-state index in [0.29, 0.717) is 11.8 Å². The molecule has 1 unspecified atom stereocenters. The van der Waals surface area contributed by atoms with Gasteiger partial charge in [-0.15, -0.1) is 0 Å². The van der Waals surface area contributed by atoms with Gasteiger partial charge in [0, 0.05) is 45.2 Å². The molecule has 0 spiro atoms. The van der Waals surface area contributed by atoms with Crippen LogP contribution in [-0.2, 0) is 36.8 Å². The van der Waals surface area contributed by atoms with Crippen molar-refractivity contribution >= 4 is 34.1 Å². The van der Waals surface area contributed by atoms with E-state index in [1.165, 1.54) is 150 Å². The Hall–Kier alpha value is -9.06. The lowest BCUT2D eigenvalue weighted by molar-refractivity contribution is 0.413. The molecule has 0 fully saturated rings. The number of rotatable bonds is 32. The lowest BCUT2D eigenvalue weighted by atomic mass is 9.84. The van der Waals surface area contributed by atoms with Gasteiger partial charge < -0.3 is 21.3 Å². The first-order valence-corrected chi connectivity index (χ1v) is 38.8. The zero-order valence-electron chi connectivity index (χ0n) is 63.6. The first-order valence-electron chi connectivity index (χ1n) is 38.8. The van der Waals surface area contributed by atoms with Crippen LogP contribution in [0.2, 0.25) is 0 Å². The van der Waals surface area contributed by atoms with Gasteiger partial charge in [0.25, 0.3) is 0 Å². The molecule has 11 aromatic carbocycles. The molecule has 1 atom stereocenters. The van der Waals surface area contributed by atoms with Crippen LogP contribution in [0.1, 0.15) is 191 Å². The zero-order chi connectivity index (χ0) is 71.9. The molecule has 4 heteroatoms. The molecular formula is C98H114N4. The minimum Gasteiger partial charge on any atom is -0.322 e. The molecule has 0 aromatic heterocycles. The van der Waals surface area contributed by atoms with Crippen LogP contribution < -0.4 is 21.3 Å². The summed E-state index contributed by atoms with van der Waals surface area (Å²) in [4.78, 5) is 4.88. The Morgan fingerprint density at radius 2 is 0.608 bits per heavy atom. The summed E-state index contributed by atoms with van der Waals surface area (Å²) in [6.45, 7) is 27.2. The first-order chi connectivity index (χ1) is 49.4. The number of nitrogens with zero attached hydrogens (tertiary/aromatic N) is 2. The highest BCUT2D eigenvalue weighted by Gasteiger charge is 2.25. The van der Waals surface area contributed by atoms with Gasteiger partial charge in [0.15, 0.2) is 0 Å². The Labute approximate surface area is 614 Å². The molecule has 0 aliphatic rings. The fourth-order valence-electron chi connectivity index (χ4n) is 15.3. The van der Waals surface area contributed by atoms with Gasteiger partial charge >= 0.3 is 0 Å². The van der Waals surface area contributed by atoms with Crippen LogP contribution in [-0.4, -0.2) is 0 Å². The normalized spacial score (nSPS) is 12.3. The predicted octanol–water partition coefficient (Wildman–Crippen LogP) is 27.8. The third-order valence-corrected chi connectivity index (χ3v) is 21.5. The van der Waals surface area contributed by atoms with Crippen molar-refractivity contribution in [1.29, 1.82) is 0 Å². The number of unbranched alkanes of at least 4 members (excludes halogenated alkanes) is 6. The summed E-state index contributed by atoms with van der Waals surface area (Å²) in [6.07, 6.45) is 17.6. The number of benzene rings is 11. The van der Waals surface area contributed by atoms with E-state index in [1.54, 1.807) is 0 Å². The van der Waals surface area contributed by atoms with Crippen molar-refractivity contribution in [2.75, 3.05) is 9.80 Å². The van der Waals surface area contributed by atoms with Crippen molar-refractivity contribution in [3.8, 4) is 66.8 Å². The van der Waals surface area contributed by atoms with E-state index >= 15 is 0 Å².